The number of imide groups is 1. The molecule has 4 fully saturated rings. The number of ketones is 1. The Bertz CT molecular complexity index is 2190. The van der Waals surface area contributed by atoms with Gasteiger partial charge in [-0.2, -0.15) is 4.98 Å². The fraction of sp³-hybridized carbons (Fsp3) is 0.500. The van der Waals surface area contributed by atoms with Crippen molar-refractivity contribution in [3.05, 3.63) is 75.6 Å². The summed E-state index contributed by atoms with van der Waals surface area (Å²) in [7, 11) is 0. The maximum absolute atomic E-state index is 14.7. The standard InChI is InChI=1S/C42H50FN9O4/c1-26-35-25-45-42(48-39(35)52(31-5-3-4-6-31)41(56)38(26)27(2)53)46-36-9-7-32(24-44-36)51-19-17-49(18-20-51)14-11-28-12-15-50(16-13-28)33-22-29(21-30(43)23-33)34-8-10-37(54)47-40(34)55/h7,9,21-25,28,31,34H,3-6,8,10-20H2,1-2H3,(H,47,54,55)(H,44,45,46,48). The molecule has 8 rings (SSSR count). The molecule has 1 saturated carbocycles. The van der Waals surface area contributed by atoms with Crippen LogP contribution >= 0.6 is 0 Å². The second kappa shape index (κ2) is 16.1. The topological polar surface area (TPSA) is 146 Å². The lowest BCUT2D eigenvalue weighted by Crippen LogP contribution is -2.47. The molecule has 3 saturated heterocycles. The van der Waals surface area contributed by atoms with E-state index in [9.17, 15) is 23.6 Å². The minimum atomic E-state index is -0.496. The van der Waals surface area contributed by atoms with Gasteiger partial charge in [0.05, 0.1) is 23.4 Å². The number of amides is 2. The number of aryl methyl sites for hydroxylation is 1. The Balaban J connectivity index is 0.823. The number of piperidine rings is 2. The molecule has 0 radical (unpaired) electrons. The molecule has 0 bridgehead atoms. The van der Waals surface area contributed by atoms with E-state index in [1.807, 2.05) is 18.3 Å². The third-order valence-corrected chi connectivity index (χ3v) is 12.4. The van der Waals surface area contributed by atoms with Crippen molar-refractivity contribution in [3.63, 3.8) is 0 Å². The van der Waals surface area contributed by atoms with Gasteiger partial charge in [-0.15, -0.1) is 0 Å². The van der Waals surface area contributed by atoms with Gasteiger partial charge in [0.15, 0.2) is 5.78 Å². The average Bonchev–Trinajstić information content (AvgIpc) is 3.72. The average molecular weight is 764 g/mol. The van der Waals surface area contributed by atoms with Crippen molar-refractivity contribution in [3.8, 4) is 0 Å². The number of carbonyl (C=O) groups excluding carboxylic acids is 3. The monoisotopic (exact) mass is 763 g/mol. The number of halogens is 1. The normalized spacial score (nSPS) is 20.2. The molecule has 56 heavy (non-hydrogen) atoms. The van der Waals surface area contributed by atoms with Crippen LogP contribution in [0.15, 0.2) is 47.5 Å². The molecule has 1 unspecified atom stereocenters. The van der Waals surface area contributed by atoms with Gasteiger partial charge < -0.3 is 15.1 Å². The number of piperazine rings is 1. The first-order valence-corrected chi connectivity index (χ1v) is 20.1. The summed E-state index contributed by atoms with van der Waals surface area (Å²) in [5, 5.41) is 6.32. The quantitative estimate of drug-likeness (QED) is 0.153. The zero-order valence-electron chi connectivity index (χ0n) is 32.2. The molecule has 2 N–H and O–H groups in total. The Morgan fingerprint density at radius 3 is 2.34 bits per heavy atom. The molecule has 1 aliphatic carbocycles. The number of Topliss-reactive ketones (excluding diaryl/α,β-unsaturated/α-hetero) is 1. The first-order chi connectivity index (χ1) is 27.1. The molecule has 3 aromatic heterocycles. The molecule has 294 valence electrons. The van der Waals surface area contributed by atoms with Crippen LogP contribution in [0.3, 0.4) is 0 Å². The van der Waals surface area contributed by atoms with Gasteiger partial charge in [-0.1, -0.05) is 12.8 Å². The van der Waals surface area contributed by atoms with Crippen LogP contribution in [0.5, 0.6) is 0 Å². The molecule has 14 heteroatoms. The molecule has 13 nitrogen and oxygen atoms in total. The van der Waals surface area contributed by atoms with Crippen LogP contribution in [0.4, 0.5) is 27.5 Å². The van der Waals surface area contributed by atoms with Crippen molar-refractivity contribution in [2.45, 2.75) is 83.6 Å². The lowest BCUT2D eigenvalue weighted by atomic mass is 9.89. The second-order valence-corrected chi connectivity index (χ2v) is 15.9. The van der Waals surface area contributed by atoms with Crippen molar-refractivity contribution in [1.29, 1.82) is 0 Å². The summed E-state index contributed by atoms with van der Waals surface area (Å²) >= 11 is 0. The summed E-state index contributed by atoms with van der Waals surface area (Å²) in [6, 6.07) is 8.90. The van der Waals surface area contributed by atoms with E-state index in [4.69, 9.17) is 4.98 Å². The maximum Gasteiger partial charge on any atom is 0.263 e. The fourth-order valence-electron chi connectivity index (χ4n) is 9.14. The number of aromatic nitrogens is 4. The third-order valence-electron chi connectivity index (χ3n) is 12.4. The van der Waals surface area contributed by atoms with Crippen molar-refractivity contribution >= 4 is 51.8 Å². The van der Waals surface area contributed by atoms with E-state index in [2.05, 4.69) is 41.4 Å². The molecule has 1 aromatic carbocycles. The first-order valence-electron chi connectivity index (χ1n) is 20.1. The van der Waals surface area contributed by atoms with Crippen molar-refractivity contribution in [2.75, 3.05) is 60.9 Å². The Hall–Kier alpha value is -5.24. The Morgan fingerprint density at radius 1 is 0.893 bits per heavy atom. The molecule has 4 aliphatic rings. The van der Waals surface area contributed by atoms with E-state index in [0.717, 1.165) is 102 Å². The van der Waals surface area contributed by atoms with E-state index < -0.39 is 5.92 Å². The van der Waals surface area contributed by atoms with Gasteiger partial charge in [-0.05, 0) is 106 Å². The second-order valence-electron chi connectivity index (χ2n) is 15.9. The molecule has 4 aromatic rings. The minimum Gasteiger partial charge on any atom is -0.371 e. The van der Waals surface area contributed by atoms with Crippen LogP contribution in [0.2, 0.25) is 0 Å². The summed E-state index contributed by atoms with van der Waals surface area (Å²) in [6.07, 6.45) is 11.3. The Labute approximate surface area is 325 Å². The highest BCUT2D eigenvalue weighted by Crippen LogP contribution is 2.34. The summed E-state index contributed by atoms with van der Waals surface area (Å²) < 4.78 is 16.4. The number of nitrogens with one attached hydrogen (secondary N) is 2. The van der Waals surface area contributed by atoms with Gasteiger partial charge in [0, 0.05) is 69.0 Å². The number of fused-ring (bicyclic) bond motifs is 1. The van der Waals surface area contributed by atoms with Gasteiger partial charge in [0.2, 0.25) is 17.8 Å². The lowest BCUT2D eigenvalue weighted by Gasteiger charge is -2.38. The van der Waals surface area contributed by atoms with Crippen LogP contribution in [0, 0.1) is 18.7 Å². The highest BCUT2D eigenvalue weighted by Gasteiger charge is 2.30. The smallest absolute Gasteiger partial charge is 0.263 e. The van der Waals surface area contributed by atoms with Crippen molar-refractivity contribution in [2.24, 2.45) is 5.92 Å². The van der Waals surface area contributed by atoms with Gasteiger partial charge in [0.25, 0.3) is 5.56 Å². The summed E-state index contributed by atoms with van der Waals surface area (Å²) in [5.74, 6) is -0.126. The van der Waals surface area contributed by atoms with Crippen molar-refractivity contribution < 1.29 is 18.8 Å². The third kappa shape index (κ3) is 7.89. The van der Waals surface area contributed by atoms with Crippen LogP contribution in [-0.4, -0.2) is 87.8 Å². The van der Waals surface area contributed by atoms with E-state index >= 15 is 0 Å². The number of nitrogens with zero attached hydrogens (tertiary/aromatic N) is 7. The summed E-state index contributed by atoms with van der Waals surface area (Å²) in [4.78, 5) is 71.1. The molecule has 0 spiro atoms. The van der Waals surface area contributed by atoms with Gasteiger partial charge in [-0.3, -0.25) is 34.0 Å². The predicted molar refractivity (Wildman–Crippen MR) is 213 cm³/mol. The Morgan fingerprint density at radius 2 is 1.64 bits per heavy atom. The number of carbonyl (C=O) groups is 3. The molecule has 3 aliphatic heterocycles. The van der Waals surface area contributed by atoms with E-state index in [0.29, 0.717) is 46.3 Å². The number of hydrogen-bond acceptors (Lipinski definition) is 11. The zero-order valence-corrected chi connectivity index (χ0v) is 32.2. The first kappa shape index (κ1) is 37.7. The number of hydrogen-bond donors (Lipinski definition) is 2. The van der Waals surface area contributed by atoms with E-state index in [1.54, 1.807) is 23.8 Å². The number of anilines is 4. The van der Waals surface area contributed by atoms with E-state index in [-0.39, 0.29) is 47.0 Å². The van der Waals surface area contributed by atoms with Crippen molar-refractivity contribution in [1.82, 2.24) is 29.7 Å². The molecule has 6 heterocycles. The molecular formula is C42H50FN9O4. The highest BCUT2D eigenvalue weighted by atomic mass is 19.1. The number of pyridine rings is 2. The summed E-state index contributed by atoms with van der Waals surface area (Å²) in [6.45, 7) is 9.77. The van der Waals surface area contributed by atoms with Crippen LogP contribution in [0.1, 0.15) is 98.2 Å². The maximum atomic E-state index is 14.7. The van der Waals surface area contributed by atoms with Gasteiger partial charge in [0.1, 0.15) is 17.3 Å². The molecule has 2 amide bonds. The predicted octanol–water partition coefficient (Wildman–Crippen LogP) is 5.64. The minimum absolute atomic E-state index is 0.0148. The van der Waals surface area contributed by atoms with E-state index in [1.165, 1.54) is 13.0 Å². The number of benzene rings is 1. The SMILES string of the molecule is CC(=O)c1c(C)c2cnc(Nc3ccc(N4CCN(CCC5CCN(c6cc(F)cc(C7CCC(=O)NC7=O)c6)CC5)CC4)cn3)nc2n(C2CCCC2)c1=O. The summed E-state index contributed by atoms with van der Waals surface area (Å²) in [5.41, 5.74) is 3.63. The van der Waals surface area contributed by atoms with Crippen LogP contribution in [0.25, 0.3) is 11.0 Å². The van der Waals surface area contributed by atoms with Crippen LogP contribution in [-0.2, 0) is 9.59 Å². The lowest BCUT2D eigenvalue weighted by molar-refractivity contribution is -0.134. The van der Waals surface area contributed by atoms with Gasteiger partial charge >= 0.3 is 0 Å². The van der Waals surface area contributed by atoms with Crippen LogP contribution < -0.4 is 26.0 Å². The zero-order chi connectivity index (χ0) is 38.9. The van der Waals surface area contributed by atoms with Gasteiger partial charge in [-0.25, -0.2) is 14.4 Å². The number of rotatable bonds is 10. The largest absolute Gasteiger partial charge is 0.371 e. The highest BCUT2D eigenvalue weighted by molar-refractivity contribution is 6.01. The molecule has 1 atom stereocenters. The molecular weight excluding hydrogens is 714 g/mol. The Kier molecular flexibility index (Phi) is 10.8. The fourth-order valence-corrected chi connectivity index (χ4v) is 9.14.